The van der Waals surface area contributed by atoms with Gasteiger partial charge in [0.05, 0.1) is 11.4 Å². The molecule has 2 aromatic carbocycles. The van der Waals surface area contributed by atoms with E-state index in [4.69, 9.17) is 5.11 Å². The normalized spacial score (nSPS) is 10.2. The molecule has 2 rings (SSSR count). The maximum absolute atomic E-state index is 9.58. The third-order valence-electron chi connectivity index (χ3n) is 2.41. The van der Waals surface area contributed by atoms with Gasteiger partial charge < -0.3 is 30.8 Å². The van der Waals surface area contributed by atoms with Gasteiger partial charge in [0.25, 0.3) is 0 Å². The zero-order valence-electron chi connectivity index (χ0n) is 9.12. The first-order valence-electron chi connectivity index (χ1n) is 5.02. The van der Waals surface area contributed by atoms with Crippen LogP contribution in [0.25, 0.3) is 0 Å². The molecule has 0 atom stereocenters. The Balaban J connectivity index is 2.41. The van der Waals surface area contributed by atoms with E-state index in [1.807, 2.05) is 0 Å². The van der Waals surface area contributed by atoms with Crippen LogP contribution in [-0.2, 0) is 0 Å². The van der Waals surface area contributed by atoms with Gasteiger partial charge in [-0.25, -0.2) is 0 Å². The van der Waals surface area contributed by atoms with Gasteiger partial charge in [0.2, 0.25) is 5.75 Å². The molecular weight excluding hydrogens is 238 g/mol. The molecule has 0 saturated carbocycles. The molecule has 0 spiro atoms. The molecule has 0 aliphatic carbocycles. The van der Waals surface area contributed by atoms with Crippen molar-refractivity contribution in [2.45, 2.75) is 0 Å². The quantitative estimate of drug-likeness (QED) is 0.358. The first kappa shape index (κ1) is 11.7. The summed E-state index contributed by atoms with van der Waals surface area (Å²) in [6, 6.07) is 6.76. The number of benzene rings is 2. The Kier molecular flexibility index (Phi) is 2.77. The summed E-state index contributed by atoms with van der Waals surface area (Å²) in [7, 11) is 0. The largest absolute Gasteiger partial charge is 0.504 e. The first-order chi connectivity index (χ1) is 8.50. The smallest absolute Gasteiger partial charge is 0.202 e. The van der Waals surface area contributed by atoms with Crippen molar-refractivity contribution in [3.63, 3.8) is 0 Å². The third-order valence-corrected chi connectivity index (χ3v) is 2.41. The predicted octanol–water partition coefficient (Wildman–Crippen LogP) is 1.96. The number of hydrogen-bond donors (Lipinski definition) is 6. The Hall–Kier alpha value is -2.76. The highest BCUT2D eigenvalue weighted by Crippen LogP contribution is 2.43. The lowest BCUT2D eigenvalue weighted by molar-refractivity contribution is 0.369. The van der Waals surface area contributed by atoms with Crippen LogP contribution in [0.4, 0.5) is 11.4 Å². The van der Waals surface area contributed by atoms with Crippen molar-refractivity contribution in [2.24, 2.45) is 0 Å². The first-order valence-corrected chi connectivity index (χ1v) is 5.02. The Labute approximate surface area is 102 Å². The van der Waals surface area contributed by atoms with Gasteiger partial charge in [-0.3, -0.25) is 0 Å². The number of para-hydroxylation sites is 1. The highest BCUT2D eigenvalue weighted by atomic mass is 16.3. The summed E-state index contributed by atoms with van der Waals surface area (Å²) < 4.78 is 0. The lowest BCUT2D eigenvalue weighted by Gasteiger charge is -2.12. The molecule has 2 aromatic rings. The Morgan fingerprint density at radius 3 is 1.94 bits per heavy atom. The lowest BCUT2D eigenvalue weighted by atomic mass is 10.2. The van der Waals surface area contributed by atoms with Gasteiger partial charge >= 0.3 is 0 Å². The van der Waals surface area contributed by atoms with Crippen molar-refractivity contribution in [3.8, 4) is 28.7 Å². The average Bonchev–Trinajstić information content (AvgIpc) is 2.35. The number of phenolic OH excluding ortho intramolecular Hbond substituents is 5. The van der Waals surface area contributed by atoms with E-state index in [-0.39, 0.29) is 22.9 Å². The second kappa shape index (κ2) is 4.25. The van der Waals surface area contributed by atoms with Crippen LogP contribution < -0.4 is 5.32 Å². The topological polar surface area (TPSA) is 113 Å². The Bertz CT molecular complexity index is 597. The van der Waals surface area contributed by atoms with Crippen molar-refractivity contribution >= 4 is 11.4 Å². The lowest BCUT2D eigenvalue weighted by Crippen LogP contribution is -1.91. The molecular formula is C12H11NO5. The minimum Gasteiger partial charge on any atom is -0.504 e. The molecule has 0 aliphatic rings. The van der Waals surface area contributed by atoms with Gasteiger partial charge in [0.1, 0.15) is 0 Å². The number of aromatic hydroxyl groups is 5. The van der Waals surface area contributed by atoms with Crippen LogP contribution in [0.5, 0.6) is 28.7 Å². The highest BCUT2D eigenvalue weighted by Gasteiger charge is 2.13. The molecule has 0 aromatic heterocycles. The fraction of sp³-hybridized carbons (Fsp3) is 0. The van der Waals surface area contributed by atoms with Crippen LogP contribution in [0.15, 0.2) is 30.3 Å². The average molecular weight is 249 g/mol. The summed E-state index contributed by atoms with van der Waals surface area (Å²) in [5.41, 5.74) is 0.224. The molecule has 0 aliphatic heterocycles. The number of hydrogen-bond acceptors (Lipinski definition) is 6. The Morgan fingerprint density at radius 2 is 1.22 bits per heavy atom. The van der Waals surface area contributed by atoms with Crippen molar-refractivity contribution in [1.82, 2.24) is 0 Å². The molecule has 0 radical (unpaired) electrons. The standard InChI is InChI=1S/C12H11NO5/c14-8-3-1-2-6(10(8)16)13-7-4-5-9(15)12(18)11(7)17/h1-5,13-18H. The van der Waals surface area contributed by atoms with Crippen LogP contribution >= 0.6 is 0 Å². The number of rotatable bonds is 2. The van der Waals surface area contributed by atoms with Crippen molar-refractivity contribution in [2.75, 3.05) is 5.32 Å². The Morgan fingerprint density at radius 1 is 0.611 bits per heavy atom. The monoisotopic (exact) mass is 249 g/mol. The highest BCUT2D eigenvalue weighted by molar-refractivity contribution is 5.75. The van der Waals surface area contributed by atoms with E-state index in [0.29, 0.717) is 0 Å². The van der Waals surface area contributed by atoms with Crippen LogP contribution in [0.1, 0.15) is 0 Å². The van der Waals surface area contributed by atoms with Crippen LogP contribution in [0, 0.1) is 0 Å². The van der Waals surface area contributed by atoms with E-state index < -0.39 is 17.2 Å². The maximum Gasteiger partial charge on any atom is 0.202 e. The van der Waals surface area contributed by atoms with Gasteiger partial charge in [-0.2, -0.15) is 0 Å². The molecule has 0 saturated heterocycles. The molecule has 6 nitrogen and oxygen atoms in total. The van der Waals surface area contributed by atoms with Crippen molar-refractivity contribution < 1.29 is 25.5 Å². The van der Waals surface area contributed by atoms with Gasteiger partial charge in [0.15, 0.2) is 23.0 Å². The van der Waals surface area contributed by atoms with E-state index in [1.54, 1.807) is 0 Å². The molecule has 6 N–H and O–H groups in total. The van der Waals surface area contributed by atoms with Crippen molar-refractivity contribution in [1.29, 1.82) is 0 Å². The van der Waals surface area contributed by atoms with E-state index >= 15 is 0 Å². The zero-order valence-corrected chi connectivity index (χ0v) is 9.12. The molecule has 0 heterocycles. The second-order valence-electron chi connectivity index (χ2n) is 3.63. The predicted molar refractivity (Wildman–Crippen MR) is 64.5 cm³/mol. The third kappa shape index (κ3) is 1.91. The minimum absolute atomic E-state index is 0.0752. The maximum atomic E-state index is 9.58. The molecule has 0 bridgehead atoms. The fourth-order valence-corrected chi connectivity index (χ4v) is 1.45. The zero-order chi connectivity index (χ0) is 13.3. The van der Waals surface area contributed by atoms with Crippen molar-refractivity contribution in [3.05, 3.63) is 30.3 Å². The molecule has 18 heavy (non-hydrogen) atoms. The number of phenols is 5. The van der Waals surface area contributed by atoms with E-state index in [0.717, 1.165) is 0 Å². The van der Waals surface area contributed by atoms with Gasteiger partial charge in [-0.05, 0) is 24.3 Å². The van der Waals surface area contributed by atoms with Gasteiger partial charge in [-0.1, -0.05) is 6.07 Å². The molecule has 0 unspecified atom stereocenters. The van der Waals surface area contributed by atoms with Crippen LogP contribution in [0.3, 0.4) is 0 Å². The van der Waals surface area contributed by atoms with Gasteiger partial charge in [-0.15, -0.1) is 0 Å². The molecule has 6 heteroatoms. The second-order valence-corrected chi connectivity index (χ2v) is 3.63. The van der Waals surface area contributed by atoms with Gasteiger partial charge in [0, 0.05) is 0 Å². The summed E-state index contributed by atoms with van der Waals surface area (Å²) >= 11 is 0. The summed E-state index contributed by atoms with van der Waals surface area (Å²) in [4.78, 5) is 0. The summed E-state index contributed by atoms with van der Waals surface area (Å²) in [5, 5.41) is 49.6. The number of anilines is 2. The number of nitrogens with one attached hydrogen (secondary N) is 1. The molecule has 0 fully saturated rings. The summed E-state index contributed by atoms with van der Waals surface area (Å²) in [5.74, 6) is -2.39. The minimum atomic E-state index is -0.667. The van der Waals surface area contributed by atoms with Crippen LogP contribution in [-0.4, -0.2) is 25.5 Å². The molecule has 94 valence electrons. The van der Waals surface area contributed by atoms with Crippen LogP contribution in [0.2, 0.25) is 0 Å². The summed E-state index contributed by atoms with van der Waals surface area (Å²) in [6.45, 7) is 0. The SMILES string of the molecule is Oc1cccc(Nc2ccc(O)c(O)c2O)c1O. The fourth-order valence-electron chi connectivity index (χ4n) is 1.45. The summed E-state index contributed by atoms with van der Waals surface area (Å²) in [6.07, 6.45) is 0. The molecule has 0 amide bonds. The van der Waals surface area contributed by atoms with E-state index in [9.17, 15) is 20.4 Å². The van der Waals surface area contributed by atoms with E-state index in [2.05, 4.69) is 5.32 Å². The van der Waals surface area contributed by atoms with E-state index in [1.165, 1.54) is 30.3 Å².